The van der Waals surface area contributed by atoms with Gasteiger partial charge in [0.25, 0.3) is 0 Å². The van der Waals surface area contributed by atoms with Gasteiger partial charge in [-0.05, 0) is 42.0 Å². The molecule has 3 aromatic rings. The normalized spacial score (nSPS) is 10.6. The second kappa shape index (κ2) is 12.5. The first-order chi connectivity index (χ1) is 14.2. The van der Waals surface area contributed by atoms with Gasteiger partial charge in [-0.3, -0.25) is 0 Å². The number of aliphatic imine (C=N–C) groups is 1. The number of aromatic nitrogens is 1. The molecular weight excluding hydrogens is 495 g/mol. The van der Waals surface area contributed by atoms with Gasteiger partial charge in [0.15, 0.2) is 5.96 Å². The third-order valence-corrected chi connectivity index (χ3v) is 3.94. The molecule has 3 rings (SSSR count). The lowest BCUT2D eigenvalue weighted by atomic mass is 10.3. The molecule has 0 unspecified atom stereocenters. The molecule has 8 heteroatoms. The Morgan fingerprint density at radius 2 is 1.67 bits per heavy atom. The number of pyridine rings is 1. The Labute approximate surface area is 193 Å². The van der Waals surface area contributed by atoms with Crippen molar-refractivity contribution in [2.24, 2.45) is 10.7 Å². The van der Waals surface area contributed by atoms with Crippen molar-refractivity contribution in [3.63, 3.8) is 0 Å². The Morgan fingerprint density at radius 1 is 0.933 bits per heavy atom. The number of ether oxygens (including phenoxy) is 3. The Bertz CT molecular complexity index is 904. The predicted octanol–water partition coefficient (Wildman–Crippen LogP) is 4.09. The molecule has 0 aliphatic rings. The lowest BCUT2D eigenvalue weighted by Crippen LogP contribution is -2.22. The molecule has 1 heterocycles. The molecule has 158 valence electrons. The van der Waals surface area contributed by atoms with Crippen molar-refractivity contribution in [1.82, 2.24) is 4.98 Å². The van der Waals surface area contributed by atoms with Crippen molar-refractivity contribution in [3.8, 4) is 17.4 Å². The molecule has 3 N–H and O–H groups in total. The van der Waals surface area contributed by atoms with E-state index in [0.29, 0.717) is 31.6 Å². The van der Waals surface area contributed by atoms with E-state index in [4.69, 9.17) is 19.9 Å². The van der Waals surface area contributed by atoms with Gasteiger partial charge in [0, 0.05) is 18.0 Å². The first kappa shape index (κ1) is 23.3. The Balaban J connectivity index is 0.00000320. The van der Waals surface area contributed by atoms with Crippen molar-refractivity contribution < 1.29 is 14.2 Å². The van der Waals surface area contributed by atoms with E-state index in [1.807, 2.05) is 60.7 Å². The predicted molar refractivity (Wildman–Crippen MR) is 129 cm³/mol. The van der Waals surface area contributed by atoms with Gasteiger partial charge >= 0.3 is 0 Å². The number of halogens is 1. The number of hydrogen-bond donors (Lipinski definition) is 2. The van der Waals surface area contributed by atoms with Crippen LogP contribution in [0.2, 0.25) is 0 Å². The summed E-state index contributed by atoms with van der Waals surface area (Å²) in [6.45, 7) is 1.28. The van der Waals surface area contributed by atoms with Gasteiger partial charge in [0.05, 0.1) is 13.7 Å². The average Bonchev–Trinajstić information content (AvgIpc) is 2.77. The van der Waals surface area contributed by atoms with Crippen LogP contribution >= 0.6 is 24.0 Å². The first-order valence-electron chi connectivity index (χ1n) is 9.19. The van der Waals surface area contributed by atoms with Crippen LogP contribution in [0, 0.1) is 0 Å². The number of benzene rings is 2. The largest absolute Gasteiger partial charge is 0.497 e. The standard InChI is InChI=1S/C22H24N4O3.HI/c1-27-19-10-8-18(9-11-19)26-22(23)25-16-17-7-12-21(24-15-17)29-14-13-28-20-5-3-2-4-6-20;/h2-12,15H,13-14,16H2,1H3,(H3,23,25,26);1H. The minimum absolute atomic E-state index is 0. The summed E-state index contributed by atoms with van der Waals surface area (Å²) in [4.78, 5) is 8.60. The molecule has 2 aromatic carbocycles. The molecule has 0 bridgehead atoms. The Kier molecular flexibility index (Phi) is 9.72. The quantitative estimate of drug-likeness (QED) is 0.191. The zero-order chi connectivity index (χ0) is 20.3. The molecular formula is C22H25IN4O3. The van der Waals surface area contributed by atoms with E-state index in [0.717, 1.165) is 22.7 Å². The summed E-state index contributed by atoms with van der Waals surface area (Å²) in [7, 11) is 1.63. The van der Waals surface area contributed by atoms with Gasteiger partial charge in [-0.15, -0.1) is 24.0 Å². The monoisotopic (exact) mass is 520 g/mol. The van der Waals surface area contributed by atoms with Crippen molar-refractivity contribution in [3.05, 3.63) is 78.5 Å². The zero-order valence-electron chi connectivity index (χ0n) is 16.7. The van der Waals surface area contributed by atoms with E-state index < -0.39 is 0 Å². The molecule has 0 aliphatic carbocycles. The highest BCUT2D eigenvalue weighted by atomic mass is 127. The highest BCUT2D eigenvalue weighted by Crippen LogP contribution is 2.15. The molecule has 0 fully saturated rings. The first-order valence-corrected chi connectivity index (χ1v) is 9.19. The zero-order valence-corrected chi connectivity index (χ0v) is 19.0. The lowest BCUT2D eigenvalue weighted by molar-refractivity contribution is 0.212. The molecule has 30 heavy (non-hydrogen) atoms. The Hall–Kier alpha value is -3.01. The molecule has 0 saturated carbocycles. The maximum absolute atomic E-state index is 5.93. The minimum Gasteiger partial charge on any atom is -0.497 e. The van der Waals surface area contributed by atoms with Gasteiger partial charge in [-0.25, -0.2) is 9.98 Å². The summed E-state index contributed by atoms with van der Waals surface area (Å²) in [5.41, 5.74) is 7.70. The summed E-state index contributed by atoms with van der Waals surface area (Å²) in [6.07, 6.45) is 1.72. The summed E-state index contributed by atoms with van der Waals surface area (Å²) < 4.78 is 16.3. The number of methoxy groups -OCH3 is 1. The van der Waals surface area contributed by atoms with Gasteiger partial charge in [-0.2, -0.15) is 0 Å². The summed E-state index contributed by atoms with van der Waals surface area (Å²) in [5, 5.41) is 3.04. The fourth-order valence-corrected chi connectivity index (χ4v) is 2.45. The molecule has 7 nitrogen and oxygen atoms in total. The third kappa shape index (κ3) is 7.78. The van der Waals surface area contributed by atoms with Crippen molar-refractivity contribution >= 4 is 35.6 Å². The molecule has 0 amide bonds. The van der Waals surface area contributed by atoms with Crippen LogP contribution in [0.1, 0.15) is 5.56 Å². The van der Waals surface area contributed by atoms with E-state index in [2.05, 4.69) is 15.3 Å². The van der Waals surface area contributed by atoms with Crippen molar-refractivity contribution in [2.75, 3.05) is 25.6 Å². The summed E-state index contributed by atoms with van der Waals surface area (Å²) >= 11 is 0. The topological polar surface area (TPSA) is 91.0 Å². The fraction of sp³-hybridized carbons (Fsp3) is 0.182. The highest BCUT2D eigenvalue weighted by molar-refractivity contribution is 14.0. The van der Waals surface area contributed by atoms with Crippen LogP contribution in [0.3, 0.4) is 0 Å². The van der Waals surface area contributed by atoms with E-state index in [9.17, 15) is 0 Å². The third-order valence-electron chi connectivity index (χ3n) is 3.94. The maximum atomic E-state index is 5.93. The second-order valence-corrected chi connectivity index (χ2v) is 6.07. The molecule has 0 saturated heterocycles. The molecule has 1 aromatic heterocycles. The summed E-state index contributed by atoms with van der Waals surface area (Å²) in [6, 6.07) is 20.8. The van der Waals surface area contributed by atoms with Gasteiger partial charge in [-0.1, -0.05) is 24.3 Å². The van der Waals surface area contributed by atoms with Crippen molar-refractivity contribution in [2.45, 2.75) is 6.54 Å². The van der Waals surface area contributed by atoms with Crippen LogP contribution in [-0.4, -0.2) is 31.3 Å². The van der Waals surface area contributed by atoms with Crippen LogP contribution in [0.25, 0.3) is 0 Å². The van der Waals surface area contributed by atoms with Crippen LogP contribution < -0.4 is 25.3 Å². The highest BCUT2D eigenvalue weighted by Gasteiger charge is 2.00. The van der Waals surface area contributed by atoms with E-state index >= 15 is 0 Å². The van der Waals surface area contributed by atoms with Gasteiger partial charge < -0.3 is 25.3 Å². The van der Waals surface area contributed by atoms with Gasteiger partial charge in [0.2, 0.25) is 5.88 Å². The lowest BCUT2D eigenvalue weighted by Gasteiger charge is -2.08. The summed E-state index contributed by atoms with van der Waals surface area (Å²) in [5.74, 6) is 2.47. The molecule has 0 atom stereocenters. The van der Waals surface area contributed by atoms with E-state index in [1.165, 1.54) is 0 Å². The molecule has 0 spiro atoms. The van der Waals surface area contributed by atoms with Crippen molar-refractivity contribution in [1.29, 1.82) is 0 Å². The van der Waals surface area contributed by atoms with E-state index in [1.54, 1.807) is 19.4 Å². The number of para-hydroxylation sites is 1. The van der Waals surface area contributed by atoms with Crippen LogP contribution in [0.5, 0.6) is 17.4 Å². The minimum atomic E-state index is 0. The number of nitrogens with one attached hydrogen (secondary N) is 1. The van der Waals surface area contributed by atoms with E-state index in [-0.39, 0.29) is 24.0 Å². The maximum Gasteiger partial charge on any atom is 0.213 e. The molecule has 0 aliphatic heterocycles. The van der Waals surface area contributed by atoms with Gasteiger partial charge in [0.1, 0.15) is 24.7 Å². The number of rotatable bonds is 9. The molecule has 0 radical (unpaired) electrons. The smallest absolute Gasteiger partial charge is 0.213 e. The van der Waals surface area contributed by atoms with Crippen LogP contribution in [0.4, 0.5) is 5.69 Å². The number of hydrogen-bond acceptors (Lipinski definition) is 5. The number of nitrogens with two attached hydrogens (primary N) is 1. The number of nitrogens with zero attached hydrogens (tertiary/aromatic N) is 2. The fourth-order valence-electron chi connectivity index (χ4n) is 2.45. The Morgan fingerprint density at radius 3 is 2.33 bits per heavy atom. The number of anilines is 1. The average molecular weight is 520 g/mol. The SMILES string of the molecule is COc1ccc(NC(N)=NCc2ccc(OCCOc3ccccc3)nc2)cc1.I. The number of guanidine groups is 1. The second-order valence-electron chi connectivity index (χ2n) is 6.07. The van der Waals surface area contributed by atoms with Crippen LogP contribution in [0.15, 0.2) is 77.9 Å². The van der Waals surface area contributed by atoms with Crippen LogP contribution in [-0.2, 0) is 6.54 Å².